The maximum Gasteiger partial charge on any atom is 0.267 e. The van der Waals surface area contributed by atoms with E-state index in [9.17, 15) is 9.59 Å². The third kappa shape index (κ3) is 4.30. The maximum absolute atomic E-state index is 13.1. The Morgan fingerprint density at radius 3 is 2.32 bits per heavy atom. The van der Waals surface area contributed by atoms with E-state index in [4.69, 9.17) is 4.74 Å². The summed E-state index contributed by atoms with van der Waals surface area (Å²) in [5.41, 5.74) is 2.31. The van der Waals surface area contributed by atoms with Crippen molar-refractivity contribution in [1.29, 1.82) is 0 Å². The van der Waals surface area contributed by atoms with Gasteiger partial charge in [0.25, 0.3) is 5.56 Å². The lowest BCUT2D eigenvalue weighted by Gasteiger charge is -2.37. The number of aromatic nitrogens is 2. The van der Waals surface area contributed by atoms with Crippen molar-refractivity contribution in [2.75, 3.05) is 38.2 Å². The number of ether oxygens (including phenoxy) is 1. The largest absolute Gasteiger partial charge is 0.495 e. The SMILES string of the molecule is COc1ccccc1N1CCN(C(=O)C(C)n2nc(-c3ccccc3)ccc2=O)CC1. The highest BCUT2D eigenvalue weighted by Gasteiger charge is 2.28. The zero-order valence-corrected chi connectivity index (χ0v) is 17.8. The Hall–Kier alpha value is -3.61. The van der Waals surface area contributed by atoms with Crippen LogP contribution in [0.5, 0.6) is 5.75 Å². The van der Waals surface area contributed by atoms with Crippen molar-refractivity contribution in [2.45, 2.75) is 13.0 Å². The van der Waals surface area contributed by atoms with Crippen LogP contribution >= 0.6 is 0 Å². The van der Waals surface area contributed by atoms with E-state index in [0.29, 0.717) is 31.9 Å². The van der Waals surface area contributed by atoms with Crippen molar-refractivity contribution in [1.82, 2.24) is 14.7 Å². The van der Waals surface area contributed by atoms with Gasteiger partial charge in [-0.05, 0) is 25.1 Å². The van der Waals surface area contributed by atoms with E-state index in [-0.39, 0.29) is 11.5 Å². The van der Waals surface area contributed by atoms with Crippen LogP contribution in [0.2, 0.25) is 0 Å². The molecule has 0 aliphatic carbocycles. The van der Waals surface area contributed by atoms with Crippen LogP contribution in [0.15, 0.2) is 71.5 Å². The lowest BCUT2D eigenvalue weighted by atomic mass is 10.1. The van der Waals surface area contributed by atoms with E-state index < -0.39 is 6.04 Å². The number of amides is 1. The minimum atomic E-state index is -0.672. The molecule has 2 aromatic carbocycles. The number of rotatable bonds is 5. The molecule has 0 saturated carbocycles. The number of nitrogens with zero attached hydrogens (tertiary/aromatic N) is 4. The quantitative estimate of drug-likeness (QED) is 0.637. The first-order chi connectivity index (χ1) is 15.1. The second-order valence-electron chi connectivity index (χ2n) is 7.53. The second-order valence-corrected chi connectivity index (χ2v) is 7.53. The summed E-state index contributed by atoms with van der Waals surface area (Å²) in [5, 5.41) is 4.47. The molecular formula is C24H26N4O3. The Bertz CT molecular complexity index is 1110. The molecule has 2 heterocycles. The first-order valence-electron chi connectivity index (χ1n) is 10.4. The van der Waals surface area contributed by atoms with Gasteiger partial charge < -0.3 is 14.5 Å². The molecule has 4 rings (SSSR count). The zero-order valence-electron chi connectivity index (χ0n) is 17.8. The van der Waals surface area contributed by atoms with Gasteiger partial charge in [-0.3, -0.25) is 9.59 Å². The van der Waals surface area contributed by atoms with Gasteiger partial charge in [-0.15, -0.1) is 0 Å². The first kappa shape index (κ1) is 20.7. The van der Waals surface area contributed by atoms with E-state index in [1.807, 2.05) is 54.6 Å². The molecular weight excluding hydrogens is 392 g/mol. The molecule has 0 spiro atoms. The lowest BCUT2D eigenvalue weighted by Crippen LogP contribution is -2.51. The van der Waals surface area contributed by atoms with Crippen molar-refractivity contribution >= 4 is 11.6 Å². The minimum Gasteiger partial charge on any atom is -0.495 e. The monoisotopic (exact) mass is 418 g/mol. The Balaban J connectivity index is 1.48. The summed E-state index contributed by atoms with van der Waals surface area (Å²) in [4.78, 5) is 29.6. The molecule has 1 aliphatic rings. The van der Waals surface area contributed by atoms with Crippen molar-refractivity contribution in [3.8, 4) is 17.0 Å². The minimum absolute atomic E-state index is 0.0977. The summed E-state index contributed by atoms with van der Waals surface area (Å²) in [6.45, 7) is 4.29. The van der Waals surface area contributed by atoms with Gasteiger partial charge in [-0.2, -0.15) is 5.10 Å². The molecule has 7 nitrogen and oxygen atoms in total. The van der Waals surface area contributed by atoms with Gasteiger partial charge in [0.05, 0.1) is 18.5 Å². The van der Waals surface area contributed by atoms with Crippen molar-refractivity contribution in [3.63, 3.8) is 0 Å². The highest BCUT2D eigenvalue weighted by molar-refractivity contribution is 5.80. The van der Waals surface area contributed by atoms with Gasteiger partial charge in [0.2, 0.25) is 5.91 Å². The molecule has 1 aromatic heterocycles. The van der Waals surface area contributed by atoms with E-state index in [1.165, 1.54) is 10.7 Å². The molecule has 1 unspecified atom stereocenters. The summed E-state index contributed by atoms with van der Waals surface area (Å²) < 4.78 is 6.75. The van der Waals surface area contributed by atoms with Gasteiger partial charge in [0.1, 0.15) is 11.8 Å². The molecule has 0 N–H and O–H groups in total. The fraction of sp³-hybridized carbons (Fsp3) is 0.292. The van der Waals surface area contributed by atoms with Gasteiger partial charge in [-0.25, -0.2) is 4.68 Å². The Morgan fingerprint density at radius 2 is 1.61 bits per heavy atom. The van der Waals surface area contributed by atoms with Crippen LogP contribution in [-0.4, -0.2) is 53.9 Å². The Labute approximate surface area is 181 Å². The number of para-hydroxylation sites is 2. The molecule has 1 atom stereocenters. The van der Waals surface area contributed by atoms with Crippen LogP contribution in [0.3, 0.4) is 0 Å². The number of hydrogen-bond acceptors (Lipinski definition) is 5. The van der Waals surface area contributed by atoms with Crippen LogP contribution in [-0.2, 0) is 4.79 Å². The summed E-state index contributed by atoms with van der Waals surface area (Å²) in [5.74, 6) is 0.726. The standard InChI is InChI=1S/C24H26N4O3/c1-18(28-23(29)13-12-20(25-28)19-8-4-3-5-9-19)24(30)27-16-14-26(15-17-27)21-10-6-7-11-22(21)31-2/h3-13,18H,14-17H2,1-2H3. The first-order valence-corrected chi connectivity index (χ1v) is 10.4. The van der Waals surface area contributed by atoms with Crippen LogP contribution in [0.4, 0.5) is 5.69 Å². The van der Waals surface area contributed by atoms with Gasteiger partial charge in [0, 0.05) is 37.8 Å². The van der Waals surface area contributed by atoms with Crippen molar-refractivity contribution in [3.05, 3.63) is 77.1 Å². The molecule has 1 fully saturated rings. The van der Waals surface area contributed by atoms with Crippen LogP contribution in [0.1, 0.15) is 13.0 Å². The average Bonchev–Trinajstić information content (AvgIpc) is 2.84. The average molecular weight is 418 g/mol. The summed E-state index contributed by atoms with van der Waals surface area (Å²) in [7, 11) is 1.66. The summed E-state index contributed by atoms with van der Waals surface area (Å²) in [6.07, 6.45) is 0. The normalized spacial score (nSPS) is 14.9. The molecule has 3 aromatic rings. The molecule has 0 bridgehead atoms. The Kier molecular flexibility index (Phi) is 6.02. The number of piperazine rings is 1. The van der Waals surface area contributed by atoms with E-state index >= 15 is 0 Å². The smallest absolute Gasteiger partial charge is 0.267 e. The van der Waals surface area contributed by atoms with Gasteiger partial charge in [0.15, 0.2) is 0 Å². The van der Waals surface area contributed by atoms with Crippen LogP contribution in [0, 0.1) is 0 Å². The number of hydrogen-bond donors (Lipinski definition) is 0. The predicted octanol–water partition coefficient (Wildman–Crippen LogP) is 2.83. The number of anilines is 1. The second kappa shape index (κ2) is 9.04. The molecule has 7 heteroatoms. The molecule has 1 aliphatic heterocycles. The van der Waals surface area contributed by atoms with Gasteiger partial charge in [-0.1, -0.05) is 42.5 Å². The van der Waals surface area contributed by atoms with E-state index in [0.717, 1.165) is 17.0 Å². The third-order valence-corrected chi connectivity index (χ3v) is 5.64. The summed E-state index contributed by atoms with van der Waals surface area (Å²) >= 11 is 0. The van der Waals surface area contributed by atoms with Crippen molar-refractivity contribution < 1.29 is 9.53 Å². The maximum atomic E-state index is 13.1. The zero-order chi connectivity index (χ0) is 21.8. The van der Waals surface area contributed by atoms with Crippen LogP contribution in [0.25, 0.3) is 11.3 Å². The number of carbonyl (C=O) groups excluding carboxylic acids is 1. The molecule has 160 valence electrons. The lowest BCUT2D eigenvalue weighted by molar-refractivity contribution is -0.135. The van der Waals surface area contributed by atoms with Crippen molar-refractivity contribution in [2.24, 2.45) is 0 Å². The number of benzene rings is 2. The fourth-order valence-electron chi connectivity index (χ4n) is 3.89. The molecule has 31 heavy (non-hydrogen) atoms. The summed E-state index contributed by atoms with van der Waals surface area (Å²) in [6, 6.07) is 20.0. The number of carbonyl (C=O) groups is 1. The van der Waals surface area contributed by atoms with Gasteiger partial charge >= 0.3 is 0 Å². The molecule has 1 amide bonds. The highest BCUT2D eigenvalue weighted by Crippen LogP contribution is 2.28. The topological polar surface area (TPSA) is 67.7 Å². The third-order valence-electron chi connectivity index (χ3n) is 5.64. The highest BCUT2D eigenvalue weighted by atomic mass is 16.5. The molecule has 0 radical (unpaired) electrons. The van der Waals surface area contributed by atoms with E-state index in [2.05, 4.69) is 10.00 Å². The van der Waals surface area contributed by atoms with Crippen LogP contribution < -0.4 is 15.2 Å². The number of methoxy groups -OCH3 is 1. The molecule has 1 saturated heterocycles. The fourth-order valence-corrected chi connectivity index (χ4v) is 3.89. The predicted molar refractivity (Wildman–Crippen MR) is 120 cm³/mol. The Morgan fingerprint density at radius 1 is 0.935 bits per heavy atom. The van der Waals surface area contributed by atoms with E-state index in [1.54, 1.807) is 25.0 Å².